The number of rotatable bonds is 9. The summed E-state index contributed by atoms with van der Waals surface area (Å²) in [5.74, 6) is -1.35. The smallest absolute Gasteiger partial charge is 0.244 e. The van der Waals surface area contributed by atoms with Crippen LogP contribution >= 0.6 is 15.9 Å². The van der Waals surface area contributed by atoms with Crippen molar-refractivity contribution in [3.8, 4) is 0 Å². The average molecular weight is 514 g/mol. The summed E-state index contributed by atoms with van der Waals surface area (Å²) >= 11 is 3.30. The van der Waals surface area contributed by atoms with Gasteiger partial charge in [0.1, 0.15) is 18.4 Å². The number of nitrogens with zero attached hydrogens (tertiary/aromatic N) is 2. The number of hydrogen-bond acceptors (Lipinski definition) is 4. The summed E-state index contributed by atoms with van der Waals surface area (Å²) in [6.07, 6.45) is 1.01. The molecule has 7 nitrogen and oxygen atoms in total. The monoisotopic (exact) mass is 513 g/mol. The van der Waals surface area contributed by atoms with E-state index in [9.17, 15) is 22.4 Å². The fourth-order valence-electron chi connectivity index (χ4n) is 2.94. The van der Waals surface area contributed by atoms with Gasteiger partial charge in [-0.3, -0.25) is 13.9 Å². The molecule has 0 unspecified atom stereocenters. The molecule has 168 valence electrons. The van der Waals surface area contributed by atoms with Crippen molar-refractivity contribution in [2.75, 3.05) is 23.7 Å². The molecule has 0 fully saturated rings. The second-order valence-corrected chi connectivity index (χ2v) is 9.79. The minimum absolute atomic E-state index is 0.0213. The zero-order valence-corrected chi connectivity index (χ0v) is 19.9. The molecule has 31 heavy (non-hydrogen) atoms. The number of nitrogens with one attached hydrogen (secondary N) is 1. The Morgan fingerprint density at radius 3 is 2.35 bits per heavy atom. The molecule has 0 aliphatic rings. The van der Waals surface area contributed by atoms with Crippen LogP contribution in [0.1, 0.15) is 19.4 Å². The molecule has 2 aromatic carbocycles. The zero-order valence-electron chi connectivity index (χ0n) is 17.5. The normalized spacial score (nSPS) is 12.2. The van der Waals surface area contributed by atoms with Gasteiger partial charge in [0.2, 0.25) is 21.8 Å². The summed E-state index contributed by atoms with van der Waals surface area (Å²) in [4.78, 5) is 26.9. The average Bonchev–Trinajstić information content (AvgIpc) is 2.70. The molecule has 2 aromatic rings. The van der Waals surface area contributed by atoms with Gasteiger partial charge in [-0.05, 0) is 49.7 Å². The summed E-state index contributed by atoms with van der Waals surface area (Å²) in [5.41, 5.74) is 0.928. The van der Waals surface area contributed by atoms with Gasteiger partial charge in [-0.25, -0.2) is 12.8 Å². The van der Waals surface area contributed by atoms with Gasteiger partial charge in [0, 0.05) is 17.6 Å². The Bertz CT molecular complexity index is 1030. The van der Waals surface area contributed by atoms with Crippen LogP contribution in [0.5, 0.6) is 0 Å². The maximum Gasteiger partial charge on any atom is 0.244 e. The lowest BCUT2D eigenvalue weighted by Crippen LogP contribution is -2.51. The minimum Gasteiger partial charge on any atom is -0.355 e. The Labute approximate surface area is 190 Å². The molecule has 0 aliphatic carbocycles. The second-order valence-electron chi connectivity index (χ2n) is 6.97. The largest absolute Gasteiger partial charge is 0.355 e. The van der Waals surface area contributed by atoms with E-state index in [0.717, 1.165) is 10.6 Å². The van der Waals surface area contributed by atoms with Gasteiger partial charge in [0.15, 0.2) is 0 Å². The fourth-order valence-corrected chi connectivity index (χ4v) is 4.16. The molecule has 1 N–H and O–H groups in total. The van der Waals surface area contributed by atoms with Crippen LogP contribution in [-0.2, 0) is 26.2 Å². The highest BCUT2D eigenvalue weighted by Gasteiger charge is 2.29. The van der Waals surface area contributed by atoms with E-state index < -0.39 is 34.3 Å². The predicted molar refractivity (Wildman–Crippen MR) is 121 cm³/mol. The fraction of sp³-hybridized carbons (Fsp3) is 0.333. The van der Waals surface area contributed by atoms with Crippen molar-refractivity contribution < 1.29 is 22.4 Å². The first-order chi connectivity index (χ1) is 14.5. The van der Waals surface area contributed by atoms with Crippen molar-refractivity contribution in [3.05, 3.63) is 64.4 Å². The summed E-state index contributed by atoms with van der Waals surface area (Å²) in [7, 11) is -3.78. The van der Waals surface area contributed by atoms with Gasteiger partial charge in [0.25, 0.3) is 0 Å². The molecule has 0 bridgehead atoms. The van der Waals surface area contributed by atoms with Gasteiger partial charge >= 0.3 is 0 Å². The maximum atomic E-state index is 13.3. The van der Waals surface area contributed by atoms with Crippen molar-refractivity contribution in [2.45, 2.75) is 26.4 Å². The molecular weight excluding hydrogens is 489 g/mol. The first kappa shape index (κ1) is 24.8. The van der Waals surface area contributed by atoms with Crippen LogP contribution < -0.4 is 9.62 Å². The highest BCUT2D eigenvalue weighted by atomic mass is 79.9. The second kappa shape index (κ2) is 10.7. The third-order valence-corrected chi connectivity index (χ3v) is 6.19. The topological polar surface area (TPSA) is 86.8 Å². The predicted octanol–water partition coefficient (Wildman–Crippen LogP) is 2.91. The number of carbonyl (C=O) groups excluding carboxylic acids is 2. The summed E-state index contributed by atoms with van der Waals surface area (Å²) in [6.45, 7) is 3.24. The number of anilines is 1. The number of carbonyl (C=O) groups is 2. The molecule has 0 radical (unpaired) electrons. The van der Waals surface area contributed by atoms with E-state index in [0.29, 0.717) is 22.3 Å². The highest BCUT2D eigenvalue weighted by Crippen LogP contribution is 2.23. The minimum atomic E-state index is -3.78. The lowest BCUT2D eigenvalue weighted by Gasteiger charge is -2.31. The van der Waals surface area contributed by atoms with Gasteiger partial charge in [-0.15, -0.1) is 0 Å². The van der Waals surface area contributed by atoms with Crippen molar-refractivity contribution in [1.29, 1.82) is 0 Å². The van der Waals surface area contributed by atoms with Crippen LogP contribution in [0.15, 0.2) is 53.0 Å². The molecule has 10 heteroatoms. The Morgan fingerprint density at radius 2 is 1.81 bits per heavy atom. The molecule has 0 aromatic heterocycles. The number of likely N-dealkylation sites (N-methyl/N-ethyl adjacent to an activating group) is 1. The van der Waals surface area contributed by atoms with Crippen LogP contribution in [0.2, 0.25) is 0 Å². The third-order valence-electron chi connectivity index (χ3n) is 4.56. The number of benzene rings is 2. The SMILES string of the molecule is CCNC(=O)[C@H](C)N(Cc1ccc(F)cc1)C(=O)CN(c1cccc(Br)c1)S(C)(=O)=O. The molecule has 0 aliphatic heterocycles. The van der Waals surface area contributed by atoms with E-state index in [4.69, 9.17) is 0 Å². The Balaban J connectivity index is 2.37. The van der Waals surface area contributed by atoms with Crippen LogP contribution in [-0.4, -0.2) is 50.5 Å². The first-order valence-electron chi connectivity index (χ1n) is 9.57. The van der Waals surface area contributed by atoms with E-state index in [1.807, 2.05) is 0 Å². The first-order valence-corrected chi connectivity index (χ1v) is 12.2. The third kappa shape index (κ3) is 7.03. The van der Waals surface area contributed by atoms with Crippen molar-refractivity contribution >= 4 is 43.5 Å². The highest BCUT2D eigenvalue weighted by molar-refractivity contribution is 9.10. The molecule has 0 saturated heterocycles. The molecular formula is C21H25BrFN3O4S. The summed E-state index contributed by atoms with van der Waals surface area (Å²) < 4.78 is 39.8. The lowest BCUT2D eigenvalue weighted by molar-refractivity contribution is -0.139. The number of sulfonamides is 1. The number of halogens is 2. The molecule has 1 atom stereocenters. The number of amides is 2. The van der Waals surface area contributed by atoms with E-state index in [2.05, 4.69) is 21.2 Å². The molecule has 2 rings (SSSR count). The quantitative estimate of drug-likeness (QED) is 0.558. The maximum absolute atomic E-state index is 13.3. The Morgan fingerprint density at radius 1 is 1.16 bits per heavy atom. The molecule has 0 heterocycles. The zero-order chi connectivity index (χ0) is 23.2. The van der Waals surface area contributed by atoms with E-state index in [-0.39, 0.29) is 12.5 Å². The summed E-state index contributed by atoms with van der Waals surface area (Å²) in [6, 6.07) is 11.3. The van der Waals surface area contributed by atoms with Crippen LogP contribution in [0.3, 0.4) is 0 Å². The Hall–Kier alpha value is -2.46. The molecule has 2 amide bonds. The van der Waals surface area contributed by atoms with Crippen LogP contribution in [0, 0.1) is 5.82 Å². The van der Waals surface area contributed by atoms with E-state index in [1.54, 1.807) is 38.1 Å². The van der Waals surface area contributed by atoms with Crippen molar-refractivity contribution in [1.82, 2.24) is 10.2 Å². The summed E-state index contributed by atoms with van der Waals surface area (Å²) in [5, 5.41) is 2.67. The lowest BCUT2D eigenvalue weighted by atomic mass is 10.1. The van der Waals surface area contributed by atoms with Crippen LogP contribution in [0.25, 0.3) is 0 Å². The van der Waals surface area contributed by atoms with Gasteiger partial charge in [-0.1, -0.05) is 34.1 Å². The van der Waals surface area contributed by atoms with Crippen molar-refractivity contribution in [3.63, 3.8) is 0 Å². The van der Waals surface area contributed by atoms with E-state index >= 15 is 0 Å². The van der Waals surface area contributed by atoms with Gasteiger partial charge in [-0.2, -0.15) is 0 Å². The number of hydrogen-bond donors (Lipinski definition) is 1. The molecule has 0 spiro atoms. The van der Waals surface area contributed by atoms with Gasteiger partial charge < -0.3 is 10.2 Å². The van der Waals surface area contributed by atoms with Crippen LogP contribution in [0.4, 0.5) is 10.1 Å². The standard InChI is InChI=1S/C21H25BrFN3O4S/c1-4-24-21(28)15(2)25(13-16-8-10-18(23)11-9-16)20(27)14-26(31(3,29)30)19-7-5-6-17(22)12-19/h5-12,15H,4,13-14H2,1-3H3,(H,24,28)/t15-/m0/s1. The van der Waals surface area contributed by atoms with Crippen molar-refractivity contribution in [2.24, 2.45) is 0 Å². The Kier molecular flexibility index (Phi) is 8.58. The van der Waals surface area contributed by atoms with Gasteiger partial charge in [0.05, 0.1) is 11.9 Å². The van der Waals surface area contributed by atoms with E-state index in [1.165, 1.54) is 29.2 Å². The molecule has 0 saturated carbocycles.